The summed E-state index contributed by atoms with van der Waals surface area (Å²) in [5.41, 5.74) is 1.89. The Morgan fingerprint density at radius 2 is 1.80 bits per heavy atom. The maximum Gasteiger partial charge on any atom is 0.416 e. The molecule has 1 aromatic heterocycles. The van der Waals surface area contributed by atoms with Gasteiger partial charge in [-0.3, -0.25) is 15.0 Å². The Morgan fingerprint density at radius 1 is 1.03 bits per heavy atom. The molecule has 0 bridgehead atoms. The molecule has 5 nitrogen and oxygen atoms in total. The van der Waals surface area contributed by atoms with Crippen LogP contribution < -0.4 is 0 Å². The largest absolute Gasteiger partial charge is 0.416 e. The molecule has 0 N–H and O–H groups in total. The molecular formula is C22H20F3N3O2. The molecular weight excluding hydrogens is 395 g/mol. The van der Waals surface area contributed by atoms with Crippen molar-refractivity contribution in [3.63, 3.8) is 0 Å². The molecule has 2 heterocycles. The van der Waals surface area contributed by atoms with Gasteiger partial charge in [0.25, 0.3) is 5.69 Å². The lowest BCUT2D eigenvalue weighted by atomic mass is 9.99. The van der Waals surface area contributed by atoms with Crippen LogP contribution in [0, 0.1) is 10.1 Å². The Morgan fingerprint density at radius 3 is 2.50 bits per heavy atom. The zero-order valence-electron chi connectivity index (χ0n) is 16.0. The van der Waals surface area contributed by atoms with Crippen molar-refractivity contribution in [2.75, 3.05) is 6.54 Å². The Labute approximate surface area is 171 Å². The number of hydrogen-bond donors (Lipinski definition) is 0. The molecule has 0 amide bonds. The molecule has 1 aliphatic rings. The van der Waals surface area contributed by atoms with Crippen LogP contribution in [0.2, 0.25) is 0 Å². The number of fused-ring (bicyclic) bond motifs is 1. The molecule has 0 saturated carbocycles. The van der Waals surface area contributed by atoms with Gasteiger partial charge in [-0.25, -0.2) is 0 Å². The summed E-state index contributed by atoms with van der Waals surface area (Å²) < 4.78 is 41.2. The maximum atomic E-state index is 13.0. The zero-order valence-corrected chi connectivity index (χ0v) is 16.0. The third-order valence-electron chi connectivity index (χ3n) is 5.42. The van der Waals surface area contributed by atoms with E-state index in [2.05, 4.69) is 9.47 Å². The van der Waals surface area contributed by atoms with E-state index in [-0.39, 0.29) is 11.7 Å². The standard InChI is InChI=1S/C22H20F3N3O2/c23-22(24,25)18-9-7-17(8-10-18)21-20-6-2-11-26(20)12-3-13-27(21)15-16-4-1-5-19(14-16)28(29)30/h1-2,4-11,14,21H,3,12-13,15H2/t21-/m0/s1. The lowest BCUT2D eigenvalue weighted by molar-refractivity contribution is -0.384. The fraction of sp³-hybridized carbons (Fsp3) is 0.273. The van der Waals surface area contributed by atoms with Crippen LogP contribution >= 0.6 is 0 Å². The summed E-state index contributed by atoms with van der Waals surface area (Å²) >= 11 is 0. The number of nitrogens with zero attached hydrogens (tertiary/aromatic N) is 3. The van der Waals surface area contributed by atoms with Crippen molar-refractivity contribution in [2.45, 2.75) is 31.7 Å². The number of rotatable bonds is 4. The van der Waals surface area contributed by atoms with Crippen LogP contribution in [0.5, 0.6) is 0 Å². The van der Waals surface area contributed by atoms with Crippen molar-refractivity contribution >= 4 is 5.69 Å². The molecule has 8 heteroatoms. The minimum absolute atomic E-state index is 0.0248. The third-order valence-corrected chi connectivity index (χ3v) is 5.42. The fourth-order valence-corrected chi connectivity index (χ4v) is 4.05. The SMILES string of the molecule is O=[N+]([O-])c1cccc(CN2CCCn3cccc3[C@@H]2c2ccc(C(F)(F)F)cc2)c1. The molecule has 156 valence electrons. The van der Waals surface area contributed by atoms with Gasteiger partial charge in [0.1, 0.15) is 0 Å². The summed E-state index contributed by atoms with van der Waals surface area (Å²) in [5, 5.41) is 11.1. The molecule has 0 fully saturated rings. The van der Waals surface area contributed by atoms with E-state index >= 15 is 0 Å². The highest BCUT2D eigenvalue weighted by molar-refractivity contribution is 5.36. The minimum Gasteiger partial charge on any atom is -0.350 e. The Kier molecular flexibility index (Phi) is 5.34. The number of benzene rings is 2. The second-order valence-electron chi connectivity index (χ2n) is 7.40. The Bertz CT molecular complexity index is 1040. The first-order chi connectivity index (χ1) is 14.3. The smallest absolute Gasteiger partial charge is 0.350 e. The van der Waals surface area contributed by atoms with Crippen molar-refractivity contribution in [1.82, 2.24) is 9.47 Å². The molecule has 1 aliphatic heterocycles. The molecule has 1 atom stereocenters. The van der Waals surface area contributed by atoms with Crippen molar-refractivity contribution in [2.24, 2.45) is 0 Å². The molecule has 0 aliphatic carbocycles. The summed E-state index contributed by atoms with van der Waals surface area (Å²) in [5.74, 6) is 0. The number of aromatic nitrogens is 1. The number of nitro groups is 1. The predicted molar refractivity (Wildman–Crippen MR) is 106 cm³/mol. The summed E-state index contributed by atoms with van der Waals surface area (Å²) in [7, 11) is 0. The van der Waals surface area contributed by atoms with Gasteiger partial charge in [-0.05, 0) is 41.8 Å². The van der Waals surface area contributed by atoms with Gasteiger partial charge in [0.05, 0.1) is 16.5 Å². The van der Waals surface area contributed by atoms with Gasteiger partial charge in [-0.1, -0.05) is 24.3 Å². The number of alkyl halides is 3. The fourth-order valence-electron chi connectivity index (χ4n) is 4.05. The average Bonchev–Trinajstić information content (AvgIpc) is 3.09. The molecule has 0 unspecified atom stereocenters. The van der Waals surface area contributed by atoms with E-state index in [1.54, 1.807) is 12.1 Å². The van der Waals surface area contributed by atoms with E-state index < -0.39 is 16.7 Å². The molecule has 4 rings (SSSR count). The summed E-state index contributed by atoms with van der Waals surface area (Å²) in [6, 6.07) is 15.4. The van der Waals surface area contributed by atoms with Crippen LogP contribution in [-0.2, 0) is 19.3 Å². The van der Waals surface area contributed by atoms with E-state index in [0.717, 1.165) is 48.5 Å². The first-order valence-electron chi connectivity index (χ1n) is 9.62. The van der Waals surface area contributed by atoms with Gasteiger partial charge in [0.2, 0.25) is 0 Å². The van der Waals surface area contributed by atoms with Crippen LogP contribution in [0.3, 0.4) is 0 Å². The first-order valence-corrected chi connectivity index (χ1v) is 9.62. The average molecular weight is 415 g/mol. The van der Waals surface area contributed by atoms with Gasteiger partial charge >= 0.3 is 6.18 Å². The zero-order chi connectivity index (χ0) is 21.3. The predicted octanol–water partition coefficient (Wildman–Crippen LogP) is 5.41. The third kappa shape index (κ3) is 4.09. The molecule has 2 aromatic carbocycles. The van der Waals surface area contributed by atoms with Gasteiger partial charge in [-0.15, -0.1) is 0 Å². The van der Waals surface area contributed by atoms with E-state index in [9.17, 15) is 23.3 Å². The van der Waals surface area contributed by atoms with Crippen molar-refractivity contribution in [3.8, 4) is 0 Å². The topological polar surface area (TPSA) is 51.3 Å². The molecule has 3 aromatic rings. The minimum atomic E-state index is -4.38. The van der Waals surface area contributed by atoms with Gasteiger partial charge in [0.15, 0.2) is 0 Å². The van der Waals surface area contributed by atoms with Crippen molar-refractivity contribution in [3.05, 3.63) is 99.4 Å². The summed E-state index contributed by atoms with van der Waals surface area (Å²) in [6.45, 7) is 1.99. The molecule has 0 spiro atoms. The number of non-ortho nitro benzene ring substituents is 1. The van der Waals surface area contributed by atoms with Gasteiger partial charge in [-0.2, -0.15) is 13.2 Å². The van der Waals surface area contributed by atoms with E-state index in [4.69, 9.17) is 0 Å². The van der Waals surface area contributed by atoms with Crippen molar-refractivity contribution < 1.29 is 18.1 Å². The molecule has 0 saturated heterocycles. The summed E-state index contributed by atoms with van der Waals surface area (Å²) in [6.07, 6.45) is -1.54. The van der Waals surface area contributed by atoms with E-state index in [1.165, 1.54) is 18.2 Å². The Hall–Kier alpha value is -3.13. The number of hydrogen-bond acceptors (Lipinski definition) is 3. The van der Waals surface area contributed by atoms with Crippen LogP contribution in [0.4, 0.5) is 18.9 Å². The molecule has 30 heavy (non-hydrogen) atoms. The maximum absolute atomic E-state index is 13.0. The van der Waals surface area contributed by atoms with Crippen LogP contribution in [0.15, 0.2) is 66.9 Å². The highest BCUT2D eigenvalue weighted by Gasteiger charge is 2.32. The van der Waals surface area contributed by atoms with Gasteiger partial charge in [0, 0.05) is 43.7 Å². The quantitative estimate of drug-likeness (QED) is 0.423. The monoisotopic (exact) mass is 415 g/mol. The second kappa shape index (κ2) is 7.95. The van der Waals surface area contributed by atoms with E-state index in [1.807, 2.05) is 24.4 Å². The lowest BCUT2D eigenvalue weighted by Gasteiger charge is -2.31. The number of halogens is 3. The van der Waals surface area contributed by atoms with E-state index in [0.29, 0.717) is 6.54 Å². The first kappa shape index (κ1) is 20.2. The van der Waals surface area contributed by atoms with Crippen molar-refractivity contribution in [1.29, 1.82) is 0 Å². The highest BCUT2D eigenvalue weighted by atomic mass is 19.4. The summed E-state index contributed by atoms with van der Waals surface area (Å²) in [4.78, 5) is 12.9. The molecule has 0 radical (unpaired) electrons. The van der Waals surface area contributed by atoms with Crippen LogP contribution in [0.1, 0.15) is 34.8 Å². The number of aryl methyl sites for hydroxylation is 1. The second-order valence-corrected chi connectivity index (χ2v) is 7.40. The lowest BCUT2D eigenvalue weighted by Crippen LogP contribution is -2.29. The van der Waals surface area contributed by atoms with Gasteiger partial charge < -0.3 is 4.57 Å². The Balaban J connectivity index is 1.71. The normalized spacial score (nSPS) is 17.4. The number of nitro benzene ring substituents is 1. The van der Waals surface area contributed by atoms with Crippen LogP contribution in [-0.4, -0.2) is 20.9 Å². The van der Waals surface area contributed by atoms with Crippen LogP contribution in [0.25, 0.3) is 0 Å². The highest BCUT2D eigenvalue weighted by Crippen LogP contribution is 2.35.